The number of aliphatic hydroxyl groups excluding tert-OH is 1. The lowest BCUT2D eigenvalue weighted by Crippen LogP contribution is -2.38. The van der Waals surface area contributed by atoms with E-state index in [0.29, 0.717) is 42.5 Å². The van der Waals surface area contributed by atoms with Crippen molar-refractivity contribution < 1.29 is 17.9 Å². The average Bonchev–Trinajstić information content (AvgIpc) is 2.64. The van der Waals surface area contributed by atoms with Crippen molar-refractivity contribution in [2.45, 2.75) is 49.6 Å². The molecular weight excluding hydrogens is 369 g/mol. The van der Waals surface area contributed by atoms with Gasteiger partial charge in [-0.1, -0.05) is 6.07 Å². The normalized spacial score (nSPS) is 20.2. The van der Waals surface area contributed by atoms with Crippen molar-refractivity contribution >= 4 is 10.0 Å². The molecule has 1 heterocycles. The van der Waals surface area contributed by atoms with Gasteiger partial charge in [-0.15, -0.1) is 0 Å². The molecule has 0 aliphatic heterocycles. The standard InChI is InChI=1S/C19H20FN3O3S/c1-12-10-15(27(25,26)23-13-2-4-14(24)5-3-13)6-7-16(12)18-9-8-17(20)19(11-21)22-18/h6-10,13-14,23-24H,2-5H2,1H3/t13-,14-. The first kappa shape index (κ1) is 19.4. The van der Waals surface area contributed by atoms with Crippen LogP contribution in [0.5, 0.6) is 0 Å². The Kier molecular flexibility index (Phi) is 5.56. The largest absolute Gasteiger partial charge is 0.393 e. The van der Waals surface area contributed by atoms with E-state index in [2.05, 4.69) is 9.71 Å². The van der Waals surface area contributed by atoms with E-state index in [0.717, 1.165) is 0 Å². The van der Waals surface area contributed by atoms with Crippen molar-refractivity contribution in [3.05, 3.63) is 47.4 Å². The lowest BCUT2D eigenvalue weighted by atomic mass is 9.94. The Hall–Kier alpha value is -2.34. The summed E-state index contributed by atoms with van der Waals surface area (Å²) in [6, 6.07) is 8.75. The summed E-state index contributed by atoms with van der Waals surface area (Å²) in [6.07, 6.45) is 2.03. The Morgan fingerprint density at radius 1 is 1.22 bits per heavy atom. The minimum atomic E-state index is -3.68. The minimum Gasteiger partial charge on any atom is -0.393 e. The third-order valence-corrected chi connectivity index (χ3v) is 6.27. The van der Waals surface area contributed by atoms with Crippen molar-refractivity contribution in [2.24, 2.45) is 0 Å². The van der Waals surface area contributed by atoms with Gasteiger partial charge in [-0.3, -0.25) is 0 Å². The van der Waals surface area contributed by atoms with Gasteiger partial charge in [0.25, 0.3) is 0 Å². The molecule has 142 valence electrons. The molecule has 0 radical (unpaired) electrons. The number of hydrogen-bond donors (Lipinski definition) is 2. The first-order valence-electron chi connectivity index (χ1n) is 8.68. The molecule has 0 spiro atoms. The summed E-state index contributed by atoms with van der Waals surface area (Å²) in [5.41, 5.74) is 1.39. The van der Waals surface area contributed by atoms with Gasteiger partial charge in [-0.05, 0) is 62.4 Å². The summed E-state index contributed by atoms with van der Waals surface area (Å²) in [7, 11) is -3.68. The van der Waals surface area contributed by atoms with E-state index in [9.17, 15) is 17.9 Å². The fraction of sp³-hybridized carbons (Fsp3) is 0.368. The maximum absolute atomic E-state index is 13.5. The van der Waals surface area contributed by atoms with Gasteiger partial charge in [0.1, 0.15) is 6.07 Å². The molecule has 2 aromatic rings. The summed E-state index contributed by atoms with van der Waals surface area (Å²) in [5.74, 6) is -0.695. The molecule has 27 heavy (non-hydrogen) atoms. The Balaban J connectivity index is 1.85. The number of rotatable bonds is 4. The summed E-state index contributed by atoms with van der Waals surface area (Å²) >= 11 is 0. The third kappa shape index (κ3) is 4.33. The Morgan fingerprint density at radius 2 is 1.93 bits per heavy atom. The van der Waals surface area contributed by atoms with E-state index < -0.39 is 15.8 Å². The van der Waals surface area contributed by atoms with Crippen molar-refractivity contribution in [3.8, 4) is 17.3 Å². The predicted molar refractivity (Wildman–Crippen MR) is 97.7 cm³/mol. The highest BCUT2D eigenvalue weighted by atomic mass is 32.2. The summed E-state index contributed by atoms with van der Waals surface area (Å²) < 4.78 is 41.5. The van der Waals surface area contributed by atoms with Crippen LogP contribution in [0.2, 0.25) is 0 Å². The van der Waals surface area contributed by atoms with Gasteiger partial charge in [0.2, 0.25) is 10.0 Å². The van der Waals surface area contributed by atoms with E-state index in [-0.39, 0.29) is 22.7 Å². The number of aliphatic hydroxyl groups is 1. The fourth-order valence-corrected chi connectivity index (χ4v) is 4.63. The molecule has 1 aliphatic rings. The van der Waals surface area contributed by atoms with Crippen LogP contribution < -0.4 is 4.72 Å². The molecule has 0 atom stereocenters. The molecule has 0 unspecified atom stereocenters. The maximum atomic E-state index is 13.5. The zero-order valence-corrected chi connectivity index (χ0v) is 15.6. The fourth-order valence-electron chi connectivity index (χ4n) is 3.24. The molecule has 6 nitrogen and oxygen atoms in total. The first-order chi connectivity index (χ1) is 12.8. The first-order valence-corrected chi connectivity index (χ1v) is 10.2. The number of nitrogens with zero attached hydrogens (tertiary/aromatic N) is 2. The van der Waals surface area contributed by atoms with Gasteiger partial charge in [0, 0.05) is 11.6 Å². The van der Waals surface area contributed by atoms with Crippen LogP contribution in [-0.2, 0) is 10.0 Å². The molecule has 0 amide bonds. The van der Waals surface area contributed by atoms with Crippen molar-refractivity contribution in [1.82, 2.24) is 9.71 Å². The summed E-state index contributed by atoms with van der Waals surface area (Å²) in [6.45, 7) is 1.74. The number of aryl methyl sites for hydroxylation is 1. The van der Waals surface area contributed by atoms with Gasteiger partial charge in [-0.2, -0.15) is 5.26 Å². The number of pyridine rings is 1. The van der Waals surface area contributed by atoms with Gasteiger partial charge >= 0.3 is 0 Å². The van der Waals surface area contributed by atoms with Gasteiger partial charge in [0.05, 0.1) is 16.7 Å². The number of hydrogen-bond acceptors (Lipinski definition) is 5. The molecule has 0 saturated heterocycles. The zero-order valence-electron chi connectivity index (χ0n) is 14.8. The van der Waals surface area contributed by atoms with Crippen LogP contribution in [0.25, 0.3) is 11.3 Å². The number of benzene rings is 1. The number of sulfonamides is 1. The molecule has 1 aromatic carbocycles. The summed E-state index contributed by atoms with van der Waals surface area (Å²) in [5, 5.41) is 18.5. The van der Waals surface area contributed by atoms with Crippen LogP contribution in [0, 0.1) is 24.1 Å². The van der Waals surface area contributed by atoms with Crippen LogP contribution in [0.4, 0.5) is 4.39 Å². The molecule has 0 bridgehead atoms. The number of nitriles is 1. The van der Waals surface area contributed by atoms with Crippen molar-refractivity contribution in [1.29, 1.82) is 5.26 Å². The second kappa shape index (κ2) is 7.72. The number of halogens is 1. The van der Waals surface area contributed by atoms with Crippen LogP contribution in [-0.4, -0.2) is 30.7 Å². The molecule has 2 N–H and O–H groups in total. The van der Waals surface area contributed by atoms with E-state index in [1.54, 1.807) is 19.1 Å². The SMILES string of the molecule is Cc1cc(S(=O)(=O)N[C@H]2CC[C@H](O)CC2)ccc1-c1ccc(F)c(C#N)n1. The Bertz CT molecular complexity index is 994. The van der Waals surface area contributed by atoms with E-state index in [1.807, 2.05) is 0 Å². The highest BCUT2D eigenvalue weighted by Gasteiger charge is 2.25. The average molecular weight is 389 g/mol. The molecule has 1 aromatic heterocycles. The minimum absolute atomic E-state index is 0.137. The molecule has 3 rings (SSSR count). The number of aromatic nitrogens is 1. The van der Waals surface area contributed by atoms with E-state index in [1.165, 1.54) is 24.3 Å². The predicted octanol–water partition coefficient (Wildman–Crippen LogP) is 2.65. The van der Waals surface area contributed by atoms with Crippen LogP contribution >= 0.6 is 0 Å². The topological polar surface area (TPSA) is 103 Å². The molecule has 1 aliphatic carbocycles. The van der Waals surface area contributed by atoms with Gasteiger partial charge < -0.3 is 5.11 Å². The highest BCUT2D eigenvalue weighted by molar-refractivity contribution is 7.89. The highest BCUT2D eigenvalue weighted by Crippen LogP contribution is 2.26. The zero-order chi connectivity index (χ0) is 19.6. The van der Waals surface area contributed by atoms with Crippen molar-refractivity contribution in [2.75, 3.05) is 0 Å². The third-order valence-electron chi connectivity index (χ3n) is 4.75. The molecular formula is C19H20FN3O3S. The lowest BCUT2D eigenvalue weighted by molar-refractivity contribution is 0.120. The lowest BCUT2D eigenvalue weighted by Gasteiger charge is -2.26. The second-order valence-electron chi connectivity index (χ2n) is 6.74. The molecule has 8 heteroatoms. The van der Waals surface area contributed by atoms with Crippen LogP contribution in [0.1, 0.15) is 36.9 Å². The molecule has 1 saturated carbocycles. The maximum Gasteiger partial charge on any atom is 0.240 e. The van der Waals surface area contributed by atoms with Crippen LogP contribution in [0.3, 0.4) is 0 Å². The van der Waals surface area contributed by atoms with Crippen molar-refractivity contribution in [3.63, 3.8) is 0 Å². The van der Waals surface area contributed by atoms with E-state index in [4.69, 9.17) is 5.26 Å². The van der Waals surface area contributed by atoms with Crippen LogP contribution in [0.15, 0.2) is 35.2 Å². The second-order valence-corrected chi connectivity index (χ2v) is 8.46. The Labute approximate surface area is 157 Å². The molecule has 1 fully saturated rings. The summed E-state index contributed by atoms with van der Waals surface area (Å²) in [4.78, 5) is 4.13. The Morgan fingerprint density at radius 3 is 2.56 bits per heavy atom. The monoisotopic (exact) mass is 389 g/mol. The number of nitrogens with one attached hydrogen (secondary N) is 1. The smallest absolute Gasteiger partial charge is 0.240 e. The quantitative estimate of drug-likeness (QED) is 0.837. The van der Waals surface area contributed by atoms with Gasteiger partial charge in [-0.25, -0.2) is 22.5 Å². The van der Waals surface area contributed by atoms with E-state index >= 15 is 0 Å². The van der Waals surface area contributed by atoms with Gasteiger partial charge in [0.15, 0.2) is 11.5 Å².